The summed E-state index contributed by atoms with van der Waals surface area (Å²) in [6, 6.07) is 3.39. The summed E-state index contributed by atoms with van der Waals surface area (Å²) in [4.78, 5) is 13.4. The number of ether oxygens (including phenoxy) is 1. The minimum absolute atomic E-state index is 0.185. The van der Waals surface area contributed by atoms with Gasteiger partial charge in [0.2, 0.25) is 0 Å². The number of carbonyl (C=O) groups is 1. The molecule has 1 fully saturated rings. The molecule has 1 aromatic carbocycles. The normalized spacial score (nSPS) is 18.1. The Morgan fingerprint density at radius 3 is 2.36 bits per heavy atom. The predicted molar refractivity (Wildman–Crippen MR) is 67.6 cm³/mol. The molecule has 0 aromatic heterocycles. The molecule has 0 atom stereocenters. The van der Waals surface area contributed by atoms with E-state index in [-0.39, 0.29) is 18.7 Å². The van der Waals surface area contributed by atoms with E-state index >= 15 is 0 Å². The number of nitrogen functional groups attached to an aromatic ring is 1. The van der Waals surface area contributed by atoms with Gasteiger partial charge < -0.3 is 15.4 Å². The van der Waals surface area contributed by atoms with Gasteiger partial charge in [-0.2, -0.15) is 0 Å². The van der Waals surface area contributed by atoms with Gasteiger partial charge in [0.1, 0.15) is 0 Å². The largest absolute Gasteiger partial charge is 0.573 e. The van der Waals surface area contributed by atoms with Crippen LogP contribution in [0.2, 0.25) is 0 Å². The first-order valence-corrected chi connectivity index (χ1v) is 6.40. The van der Waals surface area contributed by atoms with Gasteiger partial charge in [0.25, 0.3) is 11.8 Å². The fourth-order valence-corrected chi connectivity index (χ4v) is 2.15. The zero-order chi connectivity index (χ0) is 16.5. The number of nitrogens with zero attached hydrogens (tertiary/aromatic N) is 1. The molecule has 1 aliphatic rings. The number of anilines is 1. The van der Waals surface area contributed by atoms with Crippen molar-refractivity contribution in [3.05, 3.63) is 23.8 Å². The van der Waals surface area contributed by atoms with Gasteiger partial charge in [-0.05, 0) is 12.1 Å². The van der Waals surface area contributed by atoms with E-state index < -0.39 is 42.5 Å². The van der Waals surface area contributed by atoms with Gasteiger partial charge in [-0.15, -0.1) is 13.2 Å². The van der Waals surface area contributed by atoms with Gasteiger partial charge in [-0.1, -0.05) is 6.07 Å². The third-order valence-electron chi connectivity index (χ3n) is 3.30. The highest BCUT2D eigenvalue weighted by Crippen LogP contribution is 2.33. The van der Waals surface area contributed by atoms with E-state index in [9.17, 15) is 26.7 Å². The molecule has 0 spiro atoms. The van der Waals surface area contributed by atoms with Crippen LogP contribution in [-0.2, 0) is 0 Å². The molecular weight excluding hydrogens is 311 g/mol. The number of amides is 1. The summed E-state index contributed by atoms with van der Waals surface area (Å²) in [5.41, 5.74) is 4.86. The molecule has 0 unspecified atom stereocenters. The van der Waals surface area contributed by atoms with Gasteiger partial charge >= 0.3 is 6.36 Å². The number of para-hydroxylation sites is 1. The Hall–Kier alpha value is -2.06. The van der Waals surface area contributed by atoms with Crippen LogP contribution in [0.4, 0.5) is 27.6 Å². The Balaban J connectivity index is 2.19. The van der Waals surface area contributed by atoms with Crippen molar-refractivity contribution < 1.29 is 31.5 Å². The second-order valence-corrected chi connectivity index (χ2v) is 4.91. The van der Waals surface area contributed by atoms with Crippen LogP contribution in [0.5, 0.6) is 5.75 Å². The maximum absolute atomic E-state index is 13.1. The van der Waals surface area contributed by atoms with E-state index in [4.69, 9.17) is 5.73 Å². The van der Waals surface area contributed by atoms with Gasteiger partial charge in [0.05, 0.1) is 11.3 Å². The molecule has 1 aliphatic heterocycles. The summed E-state index contributed by atoms with van der Waals surface area (Å²) in [5.74, 6) is -4.22. The van der Waals surface area contributed by atoms with Crippen LogP contribution in [0.25, 0.3) is 0 Å². The summed E-state index contributed by atoms with van der Waals surface area (Å²) in [5, 5.41) is 0. The summed E-state index contributed by atoms with van der Waals surface area (Å²) in [7, 11) is 0. The molecule has 0 bridgehead atoms. The fourth-order valence-electron chi connectivity index (χ4n) is 2.15. The lowest BCUT2D eigenvalue weighted by atomic mass is 10.0. The van der Waals surface area contributed by atoms with Crippen LogP contribution in [-0.4, -0.2) is 36.2 Å². The standard InChI is InChI=1S/C13H13F5N2O2/c14-12(15)4-6-20(7-5-12)11(21)8-2-1-3-9(10(8)19)22-13(16,17)18/h1-3H,4-7,19H2. The van der Waals surface area contributed by atoms with E-state index in [2.05, 4.69) is 4.74 Å². The van der Waals surface area contributed by atoms with Gasteiger partial charge in [0, 0.05) is 25.9 Å². The minimum Gasteiger partial charge on any atom is -0.404 e. The van der Waals surface area contributed by atoms with Crippen LogP contribution >= 0.6 is 0 Å². The first-order valence-electron chi connectivity index (χ1n) is 6.40. The number of nitrogens with two attached hydrogens (primary N) is 1. The summed E-state index contributed by atoms with van der Waals surface area (Å²) < 4.78 is 66.6. The lowest BCUT2D eigenvalue weighted by molar-refractivity contribution is -0.274. The predicted octanol–water partition coefficient (Wildman–Crippen LogP) is 3.04. The topological polar surface area (TPSA) is 55.6 Å². The van der Waals surface area contributed by atoms with Crippen LogP contribution in [0.1, 0.15) is 23.2 Å². The summed E-state index contributed by atoms with van der Waals surface area (Å²) >= 11 is 0. The number of hydrogen-bond donors (Lipinski definition) is 1. The van der Waals surface area contributed by atoms with Gasteiger partial charge in [0.15, 0.2) is 5.75 Å². The number of piperidine rings is 1. The Morgan fingerprint density at radius 2 is 1.82 bits per heavy atom. The molecule has 0 aliphatic carbocycles. The molecule has 1 saturated heterocycles. The first kappa shape index (κ1) is 16.3. The lowest BCUT2D eigenvalue weighted by Gasteiger charge is -2.32. The molecule has 2 N–H and O–H groups in total. The number of alkyl halides is 5. The average Bonchev–Trinajstić information content (AvgIpc) is 2.39. The quantitative estimate of drug-likeness (QED) is 0.672. The zero-order valence-corrected chi connectivity index (χ0v) is 11.3. The molecule has 1 aromatic rings. The third kappa shape index (κ3) is 3.77. The SMILES string of the molecule is Nc1c(OC(F)(F)F)cccc1C(=O)N1CCC(F)(F)CC1. The zero-order valence-electron chi connectivity index (χ0n) is 11.3. The van der Waals surface area contributed by atoms with E-state index in [0.717, 1.165) is 11.0 Å². The lowest BCUT2D eigenvalue weighted by Crippen LogP contribution is -2.42. The number of carbonyl (C=O) groups excluding carboxylic acids is 1. The Bertz CT molecular complexity index is 564. The second-order valence-electron chi connectivity index (χ2n) is 4.91. The Labute approximate surface area is 122 Å². The third-order valence-corrected chi connectivity index (χ3v) is 3.30. The number of rotatable bonds is 2. The summed E-state index contributed by atoms with van der Waals surface area (Å²) in [6.45, 7) is -0.370. The molecule has 22 heavy (non-hydrogen) atoms. The number of hydrogen-bond acceptors (Lipinski definition) is 3. The van der Waals surface area contributed by atoms with Crippen LogP contribution < -0.4 is 10.5 Å². The molecule has 1 heterocycles. The van der Waals surface area contributed by atoms with E-state index in [1.165, 1.54) is 12.1 Å². The molecule has 0 radical (unpaired) electrons. The average molecular weight is 324 g/mol. The van der Waals surface area contributed by atoms with Crippen molar-refractivity contribution in [2.24, 2.45) is 0 Å². The maximum Gasteiger partial charge on any atom is 0.573 e. The number of benzene rings is 1. The highest BCUT2D eigenvalue weighted by atomic mass is 19.4. The maximum atomic E-state index is 13.1. The molecule has 2 rings (SSSR count). The monoisotopic (exact) mass is 324 g/mol. The summed E-state index contributed by atoms with van der Waals surface area (Å²) in [6.07, 6.45) is -5.92. The van der Waals surface area contributed by atoms with Crippen molar-refractivity contribution in [3.8, 4) is 5.75 Å². The molecule has 4 nitrogen and oxygen atoms in total. The van der Waals surface area contributed by atoms with E-state index in [0.29, 0.717) is 0 Å². The molecule has 9 heteroatoms. The highest BCUT2D eigenvalue weighted by molar-refractivity contribution is 6.00. The Morgan fingerprint density at radius 1 is 1.23 bits per heavy atom. The molecule has 1 amide bonds. The van der Waals surface area contributed by atoms with Gasteiger partial charge in [-0.3, -0.25) is 4.79 Å². The fraction of sp³-hybridized carbons (Fsp3) is 0.462. The van der Waals surface area contributed by atoms with Crippen molar-refractivity contribution in [1.29, 1.82) is 0 Å². The molecule has 122 valence electrons. The second kappa shape index (κ2) is 5.62. The van der Waals surface area contributed by atoms with E-state index in [1.807, 2.05) is 0 Å². The Kier molecular flexibility index (Phi) is 4.17. The van der Waals surface area contributed by atoms with E-state index in [1.54, 1.807) is 0 Å². The van der Waals surface area contributed by atoms with Crippen molar-refractivity contribution in [1.82, 2.24) is 4.90 Å². The van der Waals surface area contributed by atoms with Crippen molar-refractivity contribution in [3.63, 3.8) is 0 Å². The van der Waals surface area contributed by atoms with Crippen LogP contribution in [0.3, 0.4) is 0 Å². The molecule has 0 saturated carbocycles. The smallest absolute Gasteiger partial charge is 0.404 e. The first-order chi connectivity index (χ1) is 10.1. The number of halogens is 5. The van der Waals surface area contributed by atoms with Crippen molar-refractivity contribution in [2.45, 2.75) is 25.1 Å². The van der Waals surface area contributed by atoms with Crippen molar-refractivity contribution >= 4 is 11.6 Å². The molecular formula is C13H13F5N2O2. The van der Waals surface area contributed by atoms with Crippen molar-refractivity contribution in [2.75, 3.05) is 18.8 Å². The van der Waals surface area contributed by atoms with Gasteiger partial charge in [-0.25, -0.2) is 8.78 Å². The highest BCUT2D eigenvalue weighted by Gasteiger charge is 2.37. The van der Waals surface area contributed by atoms with Crippen LogP contribution in [0.15, 0.2) is 18.2 Å². The minimum atomic E-state index is -4.94. The van der Waals surface area contributed by atoms with Crippen LogP contribution in [0, 0.1) is 0 Å². The number of likely N-dealkylation sites (tertiary alicyclic amines) is 1.